The highest BCUT2D eigenvalue weighted by Gasteiger charge is 2.24. The smallest absolute Gasteiger partial charge is 0.335 e. The van der Waals surface area contributed by atoms with Crippen LogP contribution in [0.5, 0.6) is 5.75 Å². The maximum absolute atomic E-state index is 11.2. The first kappa shape index (κ1) is 18.0. The van der Waals surface area contributed by atoms with E-state index >= 15 is 0 Å². The number of halogens is 1. The lowest BCUT2D eigenvalue weighted by Gasteiger charge is -2.17. The number of nitrogens with one attached hydrogen (secondary N) is 1. The first-order valence-electron chi connectivity index (χ1n) is 7.10. The van der Waals surface area contributed by atoms with Crippen LogP contribution in [0.1, 0.15) is 16.8 Å². The molecule has 0 amide bonds. The van der Waals surface area contributed by atoms with Crippen LogP contribution in [0.25, 0.3) is 0 Å². The number of carbonyl (C=O) groups is 1. The van der Waals surface area contributed by atoms with Gasteiger partial charge in [-0.05, 0) is 31.2 Å². The number of aromatic carboxylic acids is 1. The summed E-state index contributed by atoms with van der Waals surface area (Å²) in [5.74, 6) is -0.610. The van der Waals surface area contributed by atoms with Gasteiger partial charge in [-0.15, -0.1) is 0 Å². The second-order valence-electron chi connectivity index (χ2n) is 5.48. The van der Waals surface area contributed by atoms with Gasteiger partial charge in [0, 0.05) is 19.1 Å². The zero-order valence-electron chi connectivity index (χ0n) is 12.7. The molecule has 1 unspecified atom stereocenters. The van der Waals surface area contributed by atoms with Gasteiger partial charge >= 0.3 is 5.97 Å². The molecule has 0 saturated carbocycles. The number of likely N-dealkylation sites (tertiary alicyclic amines) is 1. The maximum atomic E-state index is 11.2. The molecule has 0 aromatic heterocycles. The molecule has 2 N–H and O–H groups in total. The Hall–Kier alpha value is -1.35. The molecule has 1 aliphatic heterocycles. The molecule has 1 saturated heterocycles. The van der Waals surface area contributed by atoms with Crippen molar-refractivity contribution >= 4 is 27.6 Å². The summed E-state index contributed by atoms with van der Waals surface area (Å²) in [6.45, 7) is 2.46. The van der Waals surface area contributed by atoms with E-state index in [1.54, 1.807) is 0 Å². The Labute approximate surface area is 140 Å². The third kappa shape index (κ3) is 5.65. The summed E-state index contributed by atoms with van der Waals surface area (Å²) in [6, 6.07) is 4.25. The third-order valence-electron chi connectivity index (χ3n) is 3.50. The van der Waals surface area contributed by atoms with Gasteiger partial charge in [0.1, 0.15) is 12.4 Å². The molecule has 128 valence electrons. The average Bonchev–Trinajstić information content (AvgIpc) is 2.85. The molecule has 0 radical (unpaired) electrons. The minimum absolute atomic E-state index is 0.0663. The molecular formula is C14H19ClN2O5S. The number of hydrogen-bond acceptors (Lipinski definition) is 5. The van der Waals surface area contributed by atoms with Crippen LogP contribution in [0.4, 0.5) is 0 Å². The molecule has 2 rings (SSSR count). The number of ether oxygens (including phenoxy) is 1. The fraction of sp³-hybridized carbons (Fsp3) is 0.500. The van der Waals surface area contributed by atoms with Crippen molar-refractivity contribution in [2.45, 2.75) is 12.5 Å². The van der Waals surface area contributed by atoms with E-state index < -0.39 is 16.0 Å². The van der Waals surface area contributed by atoms with Gasteiger partial charge in [-0.1, -0.05) is 11.6 Å². The Balaban J connectivity index is 1.79. The molecule has 1 aromatic rings. The largest absolute Gasteiger partial charge is 0.491 e. The van der Waals surface area contributed by atoms with E-state index in [2.05, 4.69) is 9.62 Å². The van der Waals surface area contributed by atoms with Crippen LogP contribution in [-0.2, 0) is 10.0 Å². The van der Waals surface area contributed by atoms with Crippen molar-refractivity contribution in [3.63, 3.8) is 0 Å². The van der Waals surface area contributed by atoms with Crippen molar-refractivity contribution in [3.05, 3.63) is 28.8 Å². The van der Waals surface area contributed by atoms with E-state index in [9.17, 15) is 13.2 Å². The molecule has 7 nitrogen and oxygen atoms in total. The summed E-state index contributed by atoms with van der Waals surface area (Å²) >= 11 is 5.99. The molecule has 23 heavy (non-hydrogen) atoms. The molecule has 0 bridgehead atoms. The topological polar surface area (TPSA) is 95.9 Å². The third-order valence-corrected chi connectivity index (χ3v) is 4.55. The van der Waals surface area contributed by atoms with E-state index in [0.29, 0.717) is 25.4 Å². The van der Waals surface area contributed by atoms with E-state index in [1.165, 1.54) is 18.2 Å². The van der Waals surface area contributed by atoms with Gasteiger partial charge in [0.15, 0.2) is 0 Å². The Kier molecular flexibility index (Phi) is 5.85. The van der Waals surface area contributed by atoms with Crippen LogP contribution in [0.3, 0.4) is 0 Å². The van der Waals surface area contributed by atoms with Gasteiger partial charge in [0.25, 0.3) is 0 Å². The summed E-state index contributed by atoms with van der Waals surface area (Å²) < 4.78 is 30.5. The van der Waals surface area contributed by atoms with Crippen LogP contribution in [0, 0.1) is 0 Å². The van der Waals surface area contributed by atoms with Crippen LogP contribution in [-0.4, -0.2) is 62.9 Å². The highest BCUT2D eigenvalue weighted by molar-refractivity contribution is 7.88. The van der Waals surface area contributed by atoms with Crippen molar-refractivity contribution in [1.29, 1.82) is 0 Å². The lowest BCUT2D eigenvalue weighted by atomic mass is 10.2. The van der Waals surface area contributed by atoms with Gasteiger partial charge in [0.2, 0.25) is 10.0 Å². The molecular weight excluding hydrogens is 344 g/mol. The average molecular weight is 363 g/mol. The van der Waals surface area contributed by atoms with E-state index in [0.717, 1.165) is 19.2 Å². The first-order chi connectivity index (χ1) is 10.7. The quantitative estimate of drug-likeness (QED) is 0.752. The molecule has 1 fully saturated rings. The summed E-state index contributed by atoms with van der Waals surface area (Å²) in [5, 5.41) is 9.12. The number of carboxylic acids is 1. The Morgan fingerprint density at radius 3 is 2.87 bits per heavy atom. The number of rotatable bonds is 7. The van der Waals surface area contributed by atoms with Crippen molar-refractivity contribution in [1.82, 2.24) is 9.62 Å². The predicted octanol–water partition coefficient (Wildman–Crippen LogP) is 1.04. The Morgan fingerprint density at radius 1 is 1.52 bits per heavy atom. The van der Waals surface area contributed by atoms with Crippen LogP contribution in [0.15, 0.2) is 18.2 Å². The molecule has 1 heterocycles. The second kappa shape index (κ2) is 7.48. The monoisotopic (exact) mass is 362 g/mol. The van der Waals surface area contributed by atoms with Gasteiger partial charge in [-0.2, -0.15) is 0 Å². The van der Waals surface area contributed by atoms with Gasteiger partial charge in [0.05, 0.1) is 16.8 Å². The number of hydrogen-bond donors (Lipinski definition) is 2. The minimum Gasteiger partial charge on any atom is -0.491 e. The molecule has 0 spiro atoms. The van der Waals surface area contributed by atoms with Crippen molar-refractivity contribution in [2.75, 3.05) is 32.5 Å². The fourth-order valence-corrected chi connectivity index (χ4v) is 3.50. The fourth-order valence-electron chi connectivity index (χ4n) is 2.47. The normalized spacial score (nSPS) is 19.0. The second-order valence-corrected chi connectivity index (χ2v) is 7.66. The van der Waals surface area contributed by atoms with Crippen LogP contribution in [0.2, 0.25) is 5.02 Å². The summed E-state index contributed by atoms with van der Waals surface area (Å²) in [6.07, 6.45) is 1.92. The van der Waals surface area contributed by atoms with Gasteiger partial charge < -0.3 is 9.84 Å². The number of carboxylic acid groups (broad SMARTS) is 1. The number of benzene rings is 1. The van der Waals surface area contributed by atoms with Gasteiger partial charge in [-0.3, -0.25) is 4.90 Å². The van der Waals surface area contributed by atoms with Crippen LogP contribution >= 0.6 is 11.6 Å². The minimum atomic E-state index is -3.18. The SMILES string of the molecule is CS(=O)(=O)NC1CCN(CCOc2ccc(C(=O)O)cc2Cl)C1. The number of nitrogens with zero attached hydrogens (tertiary/aromatic N) is 1. The molecule has 1 atom stereocenters. The Morgan fingerprint density at radius 2 is 2.26 bits per heavy atom. The maximum Gasteiger partial charge on any atom is 0.335 e. The predicted molar refractivity (Wildman–Crippen MR) is 86.7 cm³/mol. The summed E-state index contributed by atoms with van der Waals surface area (Å²) in [4.78, 5) is 12.9. The molecule has 1 aliphatic rings. The molecule has 0 aliphatic carbocycles. The van der Waals surface area contributed by atoms with Crippen LogP contribution < -0.4 is 9.46 Å². The number of sulfonamides is 1. The van der Waals surface area contributed by atoms with E-state index in [1.807, 2.05) is 0 Å². The van der Waals surface area contributed by atoms with E-state index in [4.69, 9.17) is 21.4 Å². The summed E-state index contributed by atoms with van der Waals surface area (Å²) in [5.41, 5.74) is 0.108. The zero-order chi connectivity index (χ0) is 17.0. The van der Waals surface area contributed by atoms with Crippen molar-refractivity contribution in [3.8, 4) is 5.75 Å². The lowest BCUT2D eigenvalue weighted by molar-refractivity contribution is 0.0697. The lowest BCUT2D eigenvalue weighted by Crippen LogP contribution is -2.37. The highest BCUT2D eigenvalue weighted by atomic mass is 35.5. The standard InChI is InChI=1S/C14H19ClN2O5S/c1-23(20,21)16-11-4-5-17(9-11)6-7-22-13-3-2-10(14(18)19)8-12(13)15/h2-3,8,11,16H,4-7,9H2,1H3,(H,18,19). The molecule has 1 aromatic carbocycles. The van der Waals surface area contributed by atoms with Gasteiger partial charge in [-0.25, -0.2) is 17.9 Å². The zero-order valence-corrected chi connectivity index (χ0v) is 14.2. The Bertz CT molecular complexity index is 680. The van der Waals surface area contributed by atoms with Crippen molar-refractivity contribution < 1.29 is 23.1 Å². The van der Waals surface area contributed by atoms with E-state index in [-0.39, 0.29) is 16.6 Å². The molecule has 9 heteroatoms. The first-order valence-corrected chi connectivity index (χ1v) is 9.37. The van der Waals surface area contributed by atoms with Crippen molar-refractivity contribution in [2.24, 2.45) is 0 Å². The highest BCUT2D eigenvalue weighted by Crippen LogP contribution is 2.25. The summed E-state index contributed by atoms with van der Waals surface area (Å²) in [7, 11) is -3.18.